The van der Waals surface area contributed by atoms with Crippen molar-refractivity contribution >= 4 is 33.2 Å². The second-order valence-corrected chi connectivity index (χ2v) is 4.88. The van der Waals surface area contributed by atoms with Crippen LogP contribution in [0.1, 0.15) is 17.3 Å². The highest BCUT2D eigenvalue weighted by atomic mass is 79.9. The van der Waals surface area contributed by atoms with Gasteiger partial charge in [-0.1, -0.05) is 0 Å². The number of rotatable bonds is 4. The van der Waals surface area contributed by atoms with Gasteiger partial charge in [-0.3, -0.25) is 9.78 Å². The van der Waals surface area contributed by atoms with Gasteiger partial charge in [0.2, 0.25) is 0 Å². The summed E-state index contributed by atoms with van der Waals surface area (Å²) in [5, 5.41) is 5.74. The lowest BCUT2D eigenvalue weighted by atomic mass is 10.2. The van der Waals surface area contributed by atoms with Crippen LogP contribution in [-0.4, -0.2) is 17.4 Å². The van der Waals surface area contributed by atoms with Crippen molar-refractivity contribution in [1.82, 2.24) is 4.98 Å². The molecule has 2 aromatic rings. The second kappa shape index (κ2) is 6.47. The summed E-state index contributed by atoms with van der Waals surface area (Å²) < 4.78 is 13.8. The molecule has 0 fully saturated rings. The molecule has 0 aliphatic rings. The van der Waals surface area contributed by atoms with Gasteiger partial charge in [-0.25, -0.2) is 4.39 Å². The van der Waals surface area contributed by atoms with Gasteiger partial charge in [-0.05, 0) is 47.1 Å². The van der Waals surface area contributed by atoms with E-state index in [9.17, 15) is 9.18 Å². The highest BCUT2D eigenvalue weighted by Crippen LogP contribution is 2.24. The van der Waals surface area contributed by atoms with E-state index in [4.69, 9.17) is 0 Å². The average Bonchev–Trinajstić information content (AvgIpc) is 2.44. The zero-order valence-corrected chi connectivity index (χ0v) is 12.4. The van der Waals surface area contributed by atoms with Crippen LogP contribution in [0.25, 0.3) is 0 Å². The van der Waals surface area contributed by atoms with Gasteiger partial charge in [0.15, 0.2) is 0 Å². The molecule has 2 rings (SSSR count). The SMILES string of the molecule is CCNc1ccncc1C(=O)Nc1cc(F)ccc1Br. The molecule has 0 radical (unpaired) electrons. The van der Waals surface area contributed by atoms with Gasteiger partial charge < -0.3 is 10.6 Å². The summed E-state index contributed by atoms with van der Waals surface area (Å²) in [6.07, 6.45) is 3.08. The van der Waals surface area contributed by atoms with Crippen molar-refractivity contribution in [2.45, 2.75) is 6.92 Å². The maximum atomic E-state index is 13.2. The van der Waals surface area contributed by atoms with Crippen LogP contribution < -0.4 is 10.6 Å². The van der Waals surface area contributed by atoms with Crippen LogP contribution in [-0.2, 0) is 0 Å². The van der Waals surface area contributed by atoms with Crippen LogP contribution in [0.4, 0.5) is 15.8 Å². The van der Waals surface area contributed by atoms with Gasteiger partial charge in [0.05, 0.1) is 16.9 Å². The topological polar surface area (TPSA) is 54.0 Å². The number of nitrogens with one attached hydrogen (secondary N) is 2. The molecule has 4 nitrogen and oxygen atoms in total. The van der Waals surface area contributed by atoms with E-state index in [-0.39, 0.29) is 5.91 Å². The third-order valence-electron chi connectivity index (χ3n) is 2.61. The molecule has 0 unspecified atom stereocenters. The van der Waals surface area contributed by atoms with E-state index in [1.54, 1.807) is 18.3 Å². The summed E-state index contributed by atoms with van der Waals surface area (Å²) in [5.74, 6) is -0.762. The molecule has 0 atom stereocenters. The minimum atomic E-state index is -0.415. The number of pyridine rings is 1. The Morgan fingerprint density at radius 1 is 1.35 bits per heavy atom. The van der Waals surface area contributed by atoms with Crippen molar-refractivity contribution in [2.24, 2.45) is 0 Å². The molecule has 0 aliphatic heterocycles. The summed E-state index contributed by atoms with van der Waals surface area (Å²) in [6.45, 7) is 2.62. The predicted octanol–water partition coefficient (Wildman–Crippen LogP) is 3.67. The summed E-state index contributed by atoms with van der Waals surface area (Å²) in [4.78, 5) is 16.2. The van der Waals surface area contributed by atoms with Crippen molar-refractivity contribution in [3.8, 4) is 0 Å². The number of aromatic nitrogens is 1. The molecule has 0 spiro atoms. The molecule has 6 heteroatoms. The zero-order valence-electron chi connectivity index (χ0n) is 10.8. The van der Waals surface area contributed by atoms with E-state index in [1.165, 1.54) is 18.3 Å². The summed E-state index contributed by atoms with van der Waals surface area (Å²) in [5.41, 5.74) is 1.47. The number of amides is 1. The molecule has 0 bridgehead atoms. The third-order valence-corrected chi connectivity index (χ3v) is 3.30. The van der Waals surface area contributed by atoms with E-state index < -0.39 is 5.82 Å². The molecule has 1 amide bonds. The third kappa shape index (κ3) is 3.33. The first-order chi connectivity index (χ1) is 9.61. The van der Waals surface area contributed by atoms with Gasteiger partial charge in [0.1, 0.15) is 5.82 Å². The number of benzene rings is 1. The van der Waals surface area contributed by atoms with Crippen LogP contribution in [0, 0.1) is 5.82 Å². The van der Waals surface area contributed by atoms with Gasteiger partial charge in [0, 0.05) is 23.4 Å². The van der Waals surface area contributed by atoms with E-state index >= 15 is 0 Å². The summed E-state index contributed by atoms with van der Waals surface area (Å²) >= 11 is 3.27. The number of hydrogen-bond acceptors (Lipinski definition) is 3. The Hall–Kier alpha value is -1.95. The Balaban J connectivity index is 2.26. The van der Waals surface area contributed by atoms with Crippen molar-refractivity contribution in [3.05, 3.63) is 52.5 Å². The van der Waals surface area contributed by atoms with Crippen molar-refractivity contribution in [3.63, 3.8) is 0 Å². The molecule has 0 aliphatic carbocycles. The van der Waals surface area contributed by atoms with Crippen molar-refractivity contribution < 1.29 is 9.18 Å². The summed E-state index contributed by atoms with van der Waals surface area (Å²) in [6, 6.07) is 5.83. The van der Waals surface area contributed by atoms with E-state index in [0.29, 0.717) is 28.0 Å². The molecular formula is C14H13BrFN3O. The highest BCUT2D eigenvalue weighted by Gasteiger charge is 2.13. The van der Waals surface area contributed by atoms with Crippen molar-refractivity contribution in [2.75, 3.05) is 17.2 Å². The molecule has 1 heterocycles. The number of carbonyl (C=O) groups excluding carboxylic acids is 1. The van der Waals surface area contributed by atoms with Gasteiger partial charge >= 0.3 is 0 Å². The Kier molecular flexibility index (Phi) is 4.68. The Bertz CT molecular complexity index is 634. The summed E-state index contributed by atoms with van der Waals surface area (Å²) in [7, 11) is 0. The maximum Gasteiger partial charge on any atom is 0.259 e. The lowest BCUT2D eigenvalue weighted by Gasteiger charge is -2.11. The molecule has 104 valence electrons. The van der Waals surface area contributed by atoms with Crippen LogP contribution >= 0.6 is 15.9 Å². The van der Waals surface area contributed by atoms with Crippen LogP contribution in [0.15, 0.2) is 41.1 Å². The Labute approximate surface area is 124 Å². The standard InChI is InChI=1S/C14H13BrFN3O/c1-2-18-12-5-6-17-8-10(12)14(20)19-13-7-9(16)3-4-11(13)15/h3-8H,2H2,1H3,(H,17,18)(H,19,20). The van der Waals surface area contributed by atoms with Crippen molar-refractivity contribution in [1.29, 1.82) is 0 Å². The number of halogens is 2. The predicted molar refractivity (Wildman–Crippen MR) is 80.5 cm³/mol. The monoisotopic (exact) mass is 337 g/mol. The fourth-order valence-corrected chi connectivity index (χ4v) is 2.05. The molecule has 1 aromatic carbocycles. The lowest BCUT2D eigenvalue weighted by molar-refractivity contribution is 0.102. The smallest absolute Gasteiger partial charge is 0.259 e. The minimum absolute atomic E-state index is 0.347. The molecule has 0 saturated carbocycles. The molecule has 20 heavy (non-hydrogen) atoms. The van der Waals surface area contributed by atoms with E-state index in [2.05, 4.69) is 31.5 Å². The Morgan fingerprint density at radius 2 is 2.15 bits per heavy atom. The molecule has 1 aromatic heterocycles. The number of anilines is 2. The number of carbonyl (C=O) groups is 1. The average molecular weight is 338 g/mol. The fourth-order valence-electron chi connectivity index (χ4n) is 1.70. The van der Waals surface area contributed by atoms with Gasteiger partial charge in [-0.2, -0.15) is 0 Å². The zero-order chi connectivity index (χ0) is 14.5. The van der Waals surface area contributed by atoms with E-state index in [1.807, 2.05) is 6.92 Å². The Morgan fingerprint density at radius 3 is 2.90 bits per heavy atom. The van der Waals surface area contributed by atoms with Crippen LogP contribution in [0.3, 0.4) is 0 Å². The van der Waals surface area contributed by atoms with Crippen LogP contribution in [0.5, 0.6) is 0 Å². The molecule has 2 N–H and O–H groups in total. The molecule has 0 saturated heterocycles. The minimum Gasteiger partial charge on any atom is -0.385 e. The number of hydrogen-bond donors (Lipinski definition) is 2. The maximum absolute atomic E-state index is 13.2. The quantitative estimate of drug-likeness (QED) is 0.894. The first kappa shape index (κ1) is 14.5. The molecular weight excluding hydrogens is 325 g/mol. The highest BCUT2D eigenvalue weighted by molar-refractivity contribution is 9.10. The fraction of sp³-hybridized carbons (Fsp3) is 0.143. The normalized spacial score (nSPS) is 10.2. The first-order valence-corrected chi connectivity index (χ1v) is 6.85. The van der Waals surface area contributed by atoms with Gasteiger partial charge in [0.25, 0.3) is 5.91 Å². The first-order valence-electron chi connectivity index (χ1n) is 6.06. The second-order valence-electron chi connectivity index (χ2n) is 4.03. The van der Waals surface area contributed by atoms with Gasteiger partial charge in [-0.15, -0.1) is 0 Å². The van der Waals surface area contributed by atoms with E-state index in [0.717, 1.165) is 0 Å². The largest absolute Gasteiger partial charge is 0.385 e. The number of nitrogens with zero attached hydrogens (tertiary/aromatic N) is 1. The van der Waals surface area contributed by atoms with Crippen LogP contribution in [0.2, 0.25) is 0 Å². The lowest BCUT2D eigenvalue weighted by Crippen LogP contribution is -2.15.